The van der Waals surface area contributed by atoms with Crippen LogP contribution in [0.3, 0.4) is 0 Å². The van der Waals surface area contributed by atoms with Crippen molar-refractivity contribution in [3.8, 4) is 0 Å². The Morgan fingerprint density at radius 3 is 2.74 bits per heavy atom. The molecule has 3 nitrogen and oxygen atoms in total. The number of nitrogens with two attached hydrogens (primary N) is 1. The van der Waals surface area contributed by atoms with E-state index in [0.29, 0.717) is 12.1 Å². The number of hydrogen-bond donors (Lipinski definition) is 2. The van der Waals surface area contributed by atoms with Gasteiger partial charge >= 0.3 is 0 Å². The monoisotopic (exact) mass is 318 g/mol. The Morgan fingerprint density at radius 2 is 2.05 bits per heavy atom. The van der Waals surface area contributed by atoms with Gasteiger partial charge in [0.05, 0.1) is 0 Å². The van der Waals surface area contributed by atoms with E-state index in [9.17, 15) is 4.79 Å². The molecule has 0 aliphatic heterocycles. The molecule has 0 saturated heterocycles. The van der Waals surface area contributed by atoms with Crippen molar-refractivity contribution in [2.75, 3.05) is 5.32 Å². The third-order valence-electron chi connectivity index (χ3n) is 2.88. The highest BCUT2D eigenvalue weighted by atomic mass is 79.9. The maximum Gasteiger partial charge on any atom is 0.248 e. The van der Waals surface area contributed by atoms with Crippen LogP contribution in [-0.4, -0.2) is 5.91 Å². The molecule has 0 spiro atoms. The van der Waals surface area contributed by atoms with Crippen molar-refractivity contribution >= 4 is 27.5 Å². The first kappa shape index (κ1) is 13.6. The summed E-state index contributed by atoms with van der Waals surface area (Å²) in [4.78, 5) is 11.1. The summed E-state index contributed by atoms with van der Waals surface area (Å²) in [6, 6.07) is 13.4. The Morgan fingerprint density at radius 1 is 1.26 bits per heavy atom. The number of amides is 1. The van der Waals surface area contributed by atoms with Gasteiger partial charge in [-0.15, -0.1) is 0 Å². The van der Waals surface area contributed by atoms with Crippen molar-refractivity contribution in [1.82, 2.24) is 0 Å². The molecule has 98 valence electrons. The molecule has 3 N–H and O–H groups in total. The van der Waals surface area contributed by atoms with Gasteiger partial charge in [0, 0.05) is 22.3 Å². The summed E-state index contributed by atoms with van der Waals surface area (Å²) in [5.74, 6) is -0.401. The summed E-state index contributed by atoms with van der Waals surface area (Å²) in [5.41, 5.74) is 9.07. The summed E-state index contributed by atoms with van der Waals surface area (Å²) in [6.07, 6.45) is 0. The van der Waals surface area contributed by atoms with Gasteiger partial charge in [-0.25, -0.2) is 0 Å². The quantitative estimate of drug-likeness (QED) is 0.906. The molecule has 0 aliphatic carbocycles. The number of rotatable bonds is 4. The lowest BCUT2D eigenvalue weighted by atomic mass is 10.1. The number of benzene rings is 2. The zero-order chi connectivity index (χ0) is 13.8. The molecule has 0 unspecified atom stereocenters. The molecule has 0 atom stereocenters. The smallest absolute Gasteiger partial charge is 0.248 e. The molecule has 2 rings (SSSR count). The Bertz CT molecular complexity index is 611. The van der Waals surface area contributed by atoms with Gasteiger partial charge in [0.2, 0.25) is 5.91 Å². The van der Waals surface area contributed by atoms with Gasteiger partial charge in [-0.3, -0.25) is 4.79 Å². The number of carbonyl (C=O) groups is 1. The van der Waals surface area contributed by atoms with Gasteiger partial charge in [-0.1, -0.05) is 28.1 Å². The van der Waals surface area contributed by atoms with Crippen LogP contribution >= 0.6 is 15.9 Å². The van der Waals surface area contributed by atoms with Crippen molar-refractivity contribution < 1.29 is 4.79 Å². The van der Waals surface area contributed by atoms with E-state index >= 15 is 0 Å². The van der Waals surface area contributed by atoms with Crippen molar-refractivity contribution in [3.63, 3.8) is 0 Å². The van der Waals surface area contributed by atoms with E-state index in [2.05, 4.69) is 27.3 Å². The second-order valence-corrected chi connectivity index (χ2v) is 5.29. The summed E-state index contributed by atoms with van der Waals surface area (Å²) in [5, 5.41) is 3.35. The lowest BCUT2D eigenvalue weighted by Crippen LogP contribution is -2.11. The van der Waals surface area contributed by atoms with Crippen molar-refractivity contribution in [3.05, 3.63) is 63.6 Å². The number of carbonyl (C=O) groups excluding carboxylic acids is 1. The number of nitrogens with one attached hydrogen (secondary N) is 1. The molecule has 0 saturated carbocycles. The van der Waals surface area contributed by atoms with Crippen LogP contribution < -0.4 is 11.1 Å². The fourth-order valence-corrected chi connectivity index (χ4v) is 2.33. The first-order valence-corrected chi connectivity index (χ1v) is 6.74. The Kier molecular flexibility index (Phi) is 4.22. The number of primary amides is 1. The minimum Gasteiger partial charge on any atom is -0.381 e. The molecule has 0 aromatic heterocycles. The number of halogens is 1. The van der Waals surface area contributed by atoms with Crippen LogP contribution in [0.25, 0.3) is 0 Å². The fourth-order valence-electron chi connectivity index (χ4n) is 1.86. The van der Waals surface area contributed by atoms with Crippen LogP contribution in [0.15, 0.2) is 46.9 Å². The minimum atomic E-state index is -0.401. The Labute approximate surface area is 121 Å². The summed E-state index contributed by atoms with van der Waals surface area (Å²) < 4.78 is 1.06. The summed E-state index contributed by atoms with van der Waals surface area (Å²) >= 11 is 3.44. The van der Waals surface area contributed by atoms with E-state index < -0.39 is 5.91 Å². The van der Waals surface area contributed by atoms with E-state index in [-0.39, 0.29) is 0 Å². The zero-order valence-corrected chi connectivity index (χ0v) is 12.2. The lowest BCUT2D eigenvalue weighted by molar-refractivity contribution is 0.1000. The van der Waals surface area contributed by atoms with Crippen molar-refractivity contribution in [2.24, 2.45) is 5.73 Å². The summed E-state index contributed by atoms with van der Waals surface area (Å²) in [6.45, 7) is 2.70. The van der Waals surface area contributed by atoms with E-state index in [1.807, 2.05) is 37.3 Å². The number of anilines is 1. The summed E-state index contributed by atoms with van der Waals surface area (Å²) in [7, 11) is 0. The molecule has 2 aromatic carbocycles. The van der Waals surface area contributed by atoms with Crippen molar-refractivity contribution in [2.45, 2.75) is 13.5 Å². The second kappa shape index (κ2) is 5.89. The van der Waals surface area contributed by atoms with Gasteiger partial charge in [0.15, 0.2) is 0 Å². The van der Waals surface area contributed by atoms with E-state index in [4.69, 9.17) is 5.73 Å². The topological polar surface area (TPSA) is 55.1 Å². The molecule has 0 bridgehead atoms. The normalized spacial score (nSPS) is 10.2. The van der Waals surface area contributed by atoms with Crippen LogP contribution in [0.2, 0.25) is 0 Å². The number of hydrogen-bond acceptors (Lipinski definition) is 2. The molecule has 0 aliphatic rings. The standard InChI is InChI=1S/C15H15BrN2O/c1-10-7-13(16)5-6-14(10)18-9-11-3-2-4-12(8-11)15(17)19/h2-8,18H,9H2,1H3,(H2,17,19). The van der Waals surface area contributed by atoms with Crippen LogP contribution in [0, 0.1) is 6.92 Å². The number of aryl methyl sites for hydroxylation is 1. The molecule has 0 heterocycles. The predicted octanol–water partition coefficient (Wildman–Crippen LogP) is 3.47. The van der Waals surface area contributed by atoms with E-state index in [0.717, 1.165) is 15.7 Å². The molecule has 0 fully saturated rings. The van der Waals surface area contributed by atoms with Gasteiger partial charge in [-0.05, 0) is 48.4 Å². The Hall–Kier alpha value is -1.81. The fraction of sp³-hybridized carbons (Fsp3) is 0.133. The van der Waals surface area contributed by atoms with E-state index in [1.165, 1.54) is 5.56 Å². The predicted molar refractivity (Wildman–Crippen MR) is 81.2 cm³/mol. The Balaban J connectivity index is 2.10. The maximum atomic E-state index is 11.1. The largest absolute Gasteiger partial charge is 0.381 e. The highest BCUT2D eigenvalue weighted by Crippen LogP contribution is 2.20. The van der Waals surface area contributed by atoms with Crippen LogP contribution in [0.1, 0.15) is 21.5 Å². The minimum absolute atomic E-state index is 0.401. The SMILES string of the molecule is Cc1cc(Br)ccc1NCc1cccc(C(N)=O)c1. The molecular weight excluding hydrogens is 304 g/mol. The third kappa shape index (κ3) is 3.58. The zero-order valence-electron chi connectivity index (χ0n) is 10.6. The molecule has 4 heteroatoms. The third-order valence-corrected chi connectivity index (χ3v) is 3.38. The first-order valence-electron chi connectivity index (χ1n) is 5.95. The van der Waals surface area contributed by atoms with Crippen LogP contribution in [-0.2, 0) is 6.54 Å². The first-order chi connectivity index (χ1) is 9.06. The van der Waals surface area contributed by atoms with Crippen molar-refractivity contribution in [1.29, 1.82) is 0 Å². The molecule has 2 aromatic rings. The average molecular weight is 319 g/mol. The van der Waals surface area contributed by atoms with Crippen LogP contribution in [0.4, 0.5) is 5.69 Å². The van der Waals surface area contributed by atoms with Crippen LogP contribution in [0.5, 0.6) is 0 Å². The van der Waals surface area contributed by atoms with Gasteiger partial charge < -0.3 is 11.1 Å². The van der Waals surface area contributed by atoms with Gasteiger partial charge in [-0.2, -0.15) is 0 Å². The van der Waals surface area contributed by atoms with Gasteiger partial charge in [0.1, 0.15) is 0 Å². The highest BCUT2D eigenvalue weighted by molar-refractivity contribution is 9.10. The molecule has 1 amide bonds. The molecule has 0 radical (unpaired) electrons. The second-order valence-electron chi connectivity index (χ2n) is 4.38. The highest BCUT2D eigenvalue weighted by Gasteiger charge is 2.02. The maximum absolute atomic E-state index is 11.1. The lowest BCUT2D eigenvalue weighted by Gasteiger charge is -2.10. The average Bonchev–Trinajstić information content (AvgIpc) is 2.38. The van der Waals surface area contributed by atoms with E-state index in [1.54, 1.807) is 6.07 Å². The molecular formula is C15H15BrN2O. The van der Waals surface area contributed by atoms with Gasteiger partial charge in [0.25, 0.3) is 0 Å². The molecule has 19 heavy (non-hydrogen) atoms.